The van der Waals surface area contributed by atoms with E-state index in [9.17, 15) is 14.7 Å². The van der Waals surface area contributed by atoms with Crippen molar-refractivity contribution in [3.8, 4) is 17.1 Å². The van der Waals surface area contributed by atoms with Crippen LogP contribution in [0.3, 0.4) is 0 Å². The molecule has 9 heteroatoms. The van der Waals surface area contributed by atoms with Crippen molar-refractivity contribution in [1.82, 2.24) is 15.0 Å². The van der Waals surface area contributed by atoms with Gasteiger partial charge in [-0.1, -0.05) is 5.16 Å². The summed E-state index contributed by atoms with van der Waals surface area (Å²) in [5.41, 5.74) is 0.769. The quantitative estimate of drug-likeness (QED) is 0.772. The molecule has 1 aliphatic rings. The van der Waals surface area contributed by atoms with E-state index in [1.165, 1.54) is 12.0 Å². The Bertz CT molecular complexity index is 804. The number of methoxy groups -OCH3 is 2. The summed E-state index contributed by atoms with van der Waals surface area (Å²) in [7, 11) is 3.10. The lowest BCUT2D eigenvalue weighted by molar-refractivity contribution is -0.148. The summed E-state index contributed by atoms with van der Waals surface area (Å²) in [6, 6.07) is 6.34. The minimum Gasteiger partial charge on any atom is -0.497 e. The Morgan fingerprint density at radius 1 is 1.30 bits per heavy atom. The Balaban J connectivity index is 1.60. The number of carbonyl (C=O) groups excluding carboxylic acids is 1. The molecule has 1 N–H and O–H groups in total. The molecule has 0 aliphatic carbocycles. The fraction of sp³-hybridized carbons (Fsp3) is 0.444. The van der Waals surface area contributed by atoms with Crippen molar-refractivity contribution < 1.29 is 28.7 Å². The number of carboxylic acids is 1. The third-order valence-corrected chi connectivity index (χ3v) is 4.57. The molecule has 1 aromatic heterocycles. The Morgan fingerprint density at radius 3 is 2.67 bits per heavy atom. The maximum atomic E-state index is 12.4. The number of ether oxygens (including phenoxy) is 2. The van der Waals surface area contributed by atoms with Gasteiger partial charge in [-0.15, -0.1) is 0 Å². The number of rotatable bonds is 7. The van der Waals surface area contributed by atoms with Crippen molar-refractivity contribution in [3.63, 3.8) is 0 Å². The molecule has 2 unspecified atom stereocenters. The third kappa shape index (κ3) is 4.25. The van der Waals surface area contributed by atoms with Gasteiger partial charge in [0.2, 0.25) is 17.6 Å². The van der Waals surface area contributed by atoms with E-state index in [4.69, 9.17) is 14.0 Å². The molecule has 144 valence electrons. The number of carboxylic acid groups (broad SMARTS) is 1. The number of aromatic nitrogens is 2. The van der Waals surface area contributed by atoms with Crippen molar-refractivity contribution in [1.29, 1.82) is 0 Å². The van der Waals surface area contributed by atoms with Crippen LogP contribution in [0, 0.1) is 0 Å². The summed E-state index contributed by atoms with van der Waals surface area (Å²) in [4.78, 5) is 29.4. The number of benzene rings is 1. The van der Waals surface area contributed by atoms with Crippen molar-refractivity contribution in [2.75, 3.05) is 20.8 Å². The lowest BCUT2D eigenvalue weighted by atomic mass is 10.2. The molecular formula is C18H21N3O6. The van der Waals surface area contributed by atoms with Crippen LogP contribution in [-0.4, -0.2) is 64.9 Å². The van der Waals surface area contributed by atoms with E-state index >= 15 is 0 Å². The van der Waals surface area contributed by atoms with Crippen molar-refractivity contribution in [2.24, 2.45) is 0 Å². The number of aliphatic carboxylic acids is 1. The van der Waals surface area contributed by atoms with E-state index < -0.39 is 12.0 Å². The summed E-state index contributed by atoms with van der Waals surface area (Å²) < 4.78 is 15.5. The summed E-state index contributed by atoms with van der Waals surface area (Å²) in [5, 5.41) is 13.2. The first-order chi connectivity index (χ1) is 13.0. The standard InChI is InChI=1S/C18H21N3O6/c1-25-12-5-3-11(4-6-12)17-19-15(27-20-17)7-8-16(22)21-10-13(26-2)9-14(21)18(23)24/h3-6,13-14H,7-10H2,1-2H3,(H,23,24). The van der Waals surface area contributed by atoms with E-state index in [1.54, 1.807) is 19.2 Å². The monoisotopic (exact) mass is 375 g/mol. The number of hydrogen-bond acceptors (Lipinski definition) is 7. The molecule has 0 radical (unpaired) electrons. The minimum atomic E-state index is -1.03. The molecule has 2 aromatic rings. The first kappa shape index (κ1) is 18.8. The Labute approximate surface area is 155 Å². The molecule has 0 saturated carbocycles. The van der Waals surface area contributed by atoms with Gasteiger partial charge in [-0.25, -0.2) is 4.79 Å². The zero-order valence-corrected chi connectivity index (χ0v) is 15.1. The molecule has 1 saturated heterocycles. The Hall–Kier alpha value is -2.94. The molecule has 0 bridgehead atoms. The number of amides is 1. The van der Waals surface area contributed by atoms with Crippen LogP contribution < -0.4 is 4.74 Å². The van der Waals surface area contributed by atoms with Gasteiger partial charge in [0, 0.05) is 38.5 Å². The molecule has 9 nitrogen and oxygen atoms in total. The fourth-order valence-electron chi connectivity index (χ4n) is 3.05. The van der Waals surface area contributed by atoms with Crippen molar-refractivity contribution >= 4 is 11.9 Å². The SMILES string of the molecule is COc1ccc(-c2noc(CCC(=O)N3CC(OC)CC3C(=O)O)n2)cc1. The zero-order valence-electron chi connectivity index (χ0n) is 15.1. The summed E-state index contributed by atoms with van der Waals surface area (Å²) in [6.45, 7) is 0.271. The van der Waals surface area contributed by atoms with E-state index in [2.05, 4.69) is 10.1 Å². The fourth-order valence-corrected chi connectivity index (χ4v) is 3.05. The molecule has 0 spiro atoms. The highest BCUT2D eigenvalue weighted by Gasteiger charge is 2.39. The van der Waals surface area contributed by atoms with Gasteiger partial charge in [-0.05, 0) is 24.3 Å². The van der Waals surface area contributed by atoms with Crippen LogP contribution in [0.2, 0.25) is 0 Å². The highest BCUT2D eigenvalue weighted by molar-refractivity contribution is 5.84. The van der Waals surface area contributed by atoms with Gasteiger partial charge in [0.15, 0.2) is 0 Å². The first-order valence-corrected chi connectivity index (χ1v) is 8.54. The van der Waals surface area contributed by atoms with Gasteiger partial charge in [0.25, 0.3) is 0 Å². The van der Waals surface area contributed by atoms with Crippen LogP contribution in [0.1, 0.15) is 18.7 Å². The van der Waals surface area contributed by atoms with Crippen LogP contribution in [0.4, 0.5) is 0 Å². The lowest BCUT2D eigenvalue weighted by Gasteiger charge is -2.20. The molecule has 2 atom stereocenters. The largest absolute Gasteiger partial charge is 0.497 e. The predicted molar refractivity (Wildman–Crippen MR) is 93.2 cm³/mol. The number of nitrogens with zero attached hydrogens (tertiary/aromatic N) is 3. The highest BCUT2D eigenvalue weighted by atomic mass is 16.5. The minimum absolute atomic E-state index is 0.0878. The van der Waals surface area contributed by atoms with Gasteiger partial charge in [0.1, 0.15) is 11.8 Å². The third-order valence-electron chi connectivity index (χ3n) is 4.57. The van der Waals surface area contributed by atoms with Crippen LogP contribution in [0.25, 0.3) is 11.4 Å². The maximum absolute atomic E-state index is 12.4. The average molecular weight is 375 g/mol. The van der Waals surface area contributed by atoms with Gasteiger partial charge < -0.3 is 24.0 Å². The van der Waals surface area contributed by atoms with Crippen LogP contribution in [-0.2, 0) is 20.7 Å². The van der Waals surface area contributed by atoms with Gasteiger partial charge >= 0.3 is 5.97 Å². The molecule has 3 rings (SSSR count). The Morgan fingerprint density at radius 2 is 2.04 bits per heavy atom. The van der Waals surface area contributed by atoms with Gasteiger partial charge in [0.05, 0.1) is 13.2 Å². The predicted octanol–water partition coefficient (Wildman–Crippen LogP) is 1.38. The molecule has 1 aromatic carbocycles. The second kappa shape index (κ2) is 8.17. The normalized spacial score (nSPS) is 19.3. The molecule has 27 heavy (non-hydrogen) atoms. The molecule has 1 aliphatic heterocycles. The molecule has 1 fully saturated rings. The van der Waals surface area contributed by atoms with Crippen LogP contribution in [0.5, 0.6) is 5.75 Å². The highest BCUT2D eigenvalue weighted by Crippen LogP contribution is 2.23. The summed E-state index contributed by atoms with van der Waals surface area (Å²) >= 11 is 0. The van der Waals surface area contributed by atoms with E-state index in [0.29, 0.717) is 18.1 Å². The number of likely N-dealkylation sites (tertiary alicyclic amines) is 1. The summed E-state index contributed by atoms with van der Waals surface area (Å²) in [5.74, 6) is 0.169. The first-order valence-electron chi connectivity index (χ1n) is 8.54. The molecule has 1 amide bonds. The molecule has 2 heterocycles. The number of hydrogen-bond donors (Lipinski definition) is 1. The van der Waals surface area contributed by atoms with E-state index in [-0.39, 0.29) is 31.4 Å². The van der Waals surface area contributed by atoms with Gasteiger partial charge in [-0.3, -0.25) is 4.79 Å². The van der Waals surface area contributed by atoms with Crippen molar-refractivity contribution in [2.45, 2.75) is 31.4 Å². The number of carbonyl (C=O) groups is 2. The van der Waals surface area contributed by atoms with Crippen molar-refractivity contribution in [3.05, 3.63) is 30.2 Å². The van der Waals surface area contributed by atoms with E-state index in [0.717, 1.165) is 11.3 Å². The smallest absolute Gasteiger partial charge is 0.326 e. The van der Waals surface area contributed by atoms with E-state index in [1.807, 2.05) is 12.1 Å². The van der Waals surface area contributed by atoms with Crippen LogP contribution >= 0.6 is 0 Å². The molecular weight excluding hydrogens is 354 g/mol. The average Bonchev–Trinajstić information content (AvgIpc) is 3.33. The second-order valence-electron chi connectivity index (χ2n) is 6.23. The second-order valence-corrected chi connectivity index (χ2v) is 6.23. The van der Waals surface area contributed by atoms with Crippen LogP contribution in [0.15, 0.2) is 28.8 Å². The maximum Gasteiger partial charge on any atom is 0.326 e. The topological polar surface area (TPSA) is 115 Å². The zero-order chi connectivity index (χ0) is 19.4. The lowest BCUT2D eigenvalue weighted by Crippen LogP contribution is -2.40. The number of aryl methyl sites for hydroxylation is 1. The summed E-state index contributed by atoms with van der Waals surface area (Å²) in [6.07, 6.45) is 0.354. The van der Waals surface area contributed by atoms with Gasteiger partial charge in [-0.2, -0.15) is 4.98 Å². The Kier molecular flexibility index (Phi) is 5.70.